The van der Waals surface area contributed by atoms with E-state index < -0.39 is 35.2 Å². The molecule has 1 aromatic heterocycles. The Kier molecular flexibility index (Phi) is 7.27. The van der Waals surface area contributed by atoms with Crippen LogP contribution in [0.2, 0.25) is 5.02 Å². The Labute approximate surface area is 247 Å². The van der Waals surface area contributed by atoms with Gasteiger partial charge in [0.05, 0.1) is 26.6 Å². The Balaban J connectivity index is 1.40. The van der Waals surface area contributed by atoms with Crippen LogP contribution >= 0.6 is 23.4 Å². The lowest BCUT2D eigenvalue weighted by molar-refractivity contribution is -0.160. The number of fused-ring (bicyclic) bond motifs is 1. The molecule has 42 heavy (non-hydrogen) atoms. The Bertz CT molecular complexity index is 1720. The van der Waals surface area contributed by atoms with E-state index in [9.17, 15) is 27.9 Å². The molecule has 1 unspecified atom stereocenters. The average molecular weight is 615 g/mol. The van der Waals surface area contributed by atoms with Crippen LogP contribution in [-0.2, 0) is 11.8 Å². The second-order valence-electron chi connectivity index (χ2n) is 10.4. The first kappa shape index (κ1) is 28.6. The summed E-state index contributed by atoms with van der Waals surface area (Å²) in [6, 6.07) is 16.1. The molecule has 1 atom stereocenters. The minimum Gasteiger partial charge on any atom is -0.380 e. The number of Topliss-reactive ketones (excluding diaryl/α,β-unsaturated/α-hetero) is 1. The minimum absolute atomic E-state index is 0.0197. The van der Waals surface area contributed by atoms with Crippen LogP contribution < -0.4 is 0 Å². The molecule has 1 N–H and O–H groups in total. The van der Waals surface area contributed by atoms with Gasteiger partial charge in [-0.05, 0) is 60.8 Å². The van der Waals surface area contributed by atoms with Crippen LogP contribution in [0.15, 0.2) is 71.6 Å². The first-order valence-electron chi connectivity index (χ1n) is 13.3. The maximum Gasteiger partial charge on any atom is 0.398 e. The number of carbonyl (C=O) groups excluding carboxylic acids is 2. The molecule has 1 aliphatic heterocycles. The number of aliphatic hydroxyl groups excluding tert-OH is 1. The fourth-order valence-electron chi connectivity index (χ4n) is 5.45. The van der Waals surface area contributed by atoms with Gasteiger partial charge in [-0.2, -0.15) is 23.0 Å². The molecule has 216 valence electrons. The molecule has 1 saturated carbocycles. The molecule has 2 heterocycles. The largest absolute Gasteiger partial charge is 0.398 e. The van der Waals surface area contributed by atoms with Crippen LogP contribution in [0.5, 0.6) is 0 Å². The zero-order valence-corrected chi connectivity index (χ0v) is 23.5. The maximum atomic E-state index is 15.6. The monoisotopic (exact) mass is 614 g/mol. The molecule has 0 amide bonds. The number of hydrogen-bond acceptors (Lipinski definition) is 5. The Morgan fingerprint density at radius 2 is 1.79 bits per heavy atom. The van der Waals surface area contributed by atoms with Gasteiger partial charge in [0.15, 0.2) is 5.78 Å². The lowest BCUT2D eigenvalue weighted by atomic mass is 9.90. The highest BCUT2D eigenvalue weighted by Gasteiger charge is 2.65. The molecule has 3 aromatic carbocycles. The van der Waals surface area contributed by atoms with Gasteiger partial charge >= 0.3 is 6.18 Å². The number of alkyl halides is 3. The summed E-state index contributed by atoms with van der Waals surface area (Å²) in [6.07, 6.45) is -5.24. The Morgan fingerprint density at radius 1 is 1.05 bits per heavy atom. The van der Waals surface area contributed by atoms with Crippen molar-refractivity contribution in [3.63, 3.8) is 0 Å². The first-order chi connectivity index (χ1) is 20.0. The molecule has 2 aliphatic rings. The summed E-state index contributed by atoms with van der Waals surface area (Å²) in [7, 11) is 0. The summed E-state index contributed by atoms with van der Waals surface area (Å²) < 4.78 is 58.8. The van der Waals surface area contributed by atoms with Crippen molar-refractivity contribution in [1.82, 2.24) is 9.78 Å². The molecule has 11 heteroatoms. The Hall–Kier alpha value is -3.47. The van der Waals surface area contributed by atoms with Crippen LogP contribution in [0.4, 0.5) is 17.6 Å². The summed E-state index contributed by atoms with van der Waals surface area (Å²) >= 11 is 7.73. The highest BCUT2D eigenvalue weighted by Crippen LogP contribution is 2.60. The average Bonchev–Trinajstić information content (AvgIpc) is 3.73. The van der Waals surface area contributed by atoms with Crippen molar-refractivity contribution in [3.8, 4) is 11.3 Å². The predicted octanol–water partition coefficient (Wildman–Crippen LogP) is 7.58. The van der Waals surface area contributed by atoms with Gasteiger partial charge in [0.2, 0.25) is 0 Å². The molecular weight excluding hydrogens is 592 g/mol. The van der Waals surface area contributed by atoms with E-state index in [-0.39, 0.29) is 45.8 Å². The molecule has 1 aliphatic carbocycles. The topological polar surface area (TPSA) is 72.2 Å². The summed E-state index contributed by atoms with van der Waals surface area (Å²) in [5.41, 5.74) is -1.65. The summed E-state index contributed by atoms with van der Waals surface area (Å²) in [4.78, 5) is 27.3. The molecule has 0 radical (unpaired) electrons. The number of carbonyl (C=O) groups is 2. The van der Waals surface area contributed by atoms with Gasteiger partial charge in [-0.1, -0.05) is 60.1 Å². The van der Waals surface area contributed by atoms with E-state index in [2.05, 4.69) is 5.10 Å². The van der Waals surface area contributed by atoms with E-state index in [0.717, 1.165) is 10.7 Å². The van der Waals surface area contributed by atoms with E-state index in [0.29, 0.717) is 34.7 Å². The number of rotatable bonds is 6. The minimum atomic E-state index is -4.56. The summed E-state index contributed by atoms with van der Waals surface area (Å²) in [6.45, 7) is 0. The molecule has 6 rings (SSSR count). The number of thioether (sulfide) groups is 1. The van der Waals surface area contributed by atoms with Crippen molar-refractivity contribution in [2.24, 2.45) is 0 Å². The molecule has 0 saturated heterocycles. The smallest absolute Gasteiger partial charge is 0.380 e. The van der Waals surface area contributed by atoms with Crippen LogP contribution in [0.3, 0.4) is 0 Å². The number of halogens is 5. The zero-order chi connectivity index (χ0) is 29.8. The van der Waals surface area contributed by atoms with E-state index >= 15 is 4.39 Å². The van der Waals surface area contributed by atoms with Gasteiger partial charge in [0, 0.05) is 11.1 Å². The molecule has 5 nitrogen and oxygen atoms in total. The number of ketones is 1. The maximum absolute atomic E-state index is 15.6. The lowest BCUT2D eigenvalue weighted by Gasteiger charge is -2.23. The van der Waals surface area contributed by atoms with E-state index in [4.69, 9.17) is 11.6 Å². The summed E-state index contributed by atoms with van der Waals surface area (Å²) in [5, 5.41) is 14.8. The van der Waals surface area contributed by atoms with Crippen molar-refractivity contribution in [1.29, 1.82) is 0 Å². The number of benzene rings is 3. The highest BCUT2D eigenvalue weighted by atomic mass is 35.5. The van der Waals surface area contributed by atoms with Crippen molar-refractivity contribution < 1.29 is 32.3 Å². The van der Waals surface area contributed by atoms with Crippen LogP contribution in [0.1, 0.15) is 62.9 Å². The standard InChI is InChI=1S/C31H23ClF4N2O3S/c32-21-9-4-8-20(30(13-14-30)31(34,35)36)24(21)29(41)38-23-10-5-15-42-28(23)25(37-38)19-12-11-18(16-22(19)33)27(40)26(39)17-6-2-1-3-7-17/h1-4,6-9,11-12,16,26,39H,5,10,13-15H2. The fraction of sp³-hybridized carbons (Fsp3) is 0.258. The van der Waals surface area contributed by atoms with Crippen molar-refractivity contribution in [2.75, 3.05) is 5.75 Å². The van der Waals surface area contributed by atoms with Gasteiger partial charge in [-0.25, -0.2) is 4.39 Å². The summed E-state index contributed by atoms with van der Waals surface area (Å²) in [5.74, 6) is -1.61. The third-order valence-electron chi connectivity index (χ3n) is 7.84. The third-order valence-corrected chi connectivity index (χ3v) is 9.36. The predicted molar refractivity (Wildman–Crippen MR) is 151 cm³/mol. The number of hydrogen-bond donors (Lipinski definition) is 1. The van der Waals surface area contributed by atoms with E-state index in [1.165, 1.54) is 42.1 Å². The molecule has 0 spiro atoms. The van der Waals surface area contributed by atoms with Crippen molar-refractivity contribution >= 4 is 35.1 Å². The van der Waals surface area contributed by atoms with Crippen LogP contribution in [0, 0.1) is 5.82 Å². The van der Waals surface area contributed by atoms with Gasteiger partial charge in [-0.15, -0.1) is 11.8 Å². The zero-order valence-electron chi connectivity index (χ0n) is 21.9. The molecule has 4 aromatic rings. The number of aromatic nitrogens is 2. The quantitative estimate of drug-likeness (QED) is 0.179. The van der Waals surface area contributed by atoms with E-state index in [1.807, 2.05) is 0 Å². The first-order valence-corrected chi connectivity index (χ1v) is 14.6. The van der Waals surface area contributed by atoms with Gasteiger partial charge < -0.3 is 5.11 Å². The molecule has 0 bridgehead atoms. The second-order valence-corrected chi connectivity index (χ2v) is 11.9. The SMILES string of the molecule is O=C(c1ccc(-c2nn(C(=O)c3c(Cl)cccc3C3(C(F)(F)F)CC3)c3c2SCCC3)c(F)c1)C(O)c1ccccc1. The number of aliphatic hydroxyl groups is 1. The normalized spacial score (nSPS) is 16.5. The van der Waals surface area contributed by atoms with Crippen molar-refractivity contribution in [2.45, 2.75) is 48.3 Å². The van der Waals surface area contributed by atoms with Crippen LogP contribution in [0.25, 0.3) is 11.3 Å². The van der Waals surface area contributed by atoms with Gasteiger partial charge in [0.1, 0.15) is 17.6 Å². The van der Waals surface area contributed by atoms with E-state index in [1.54, 1.807) is 30.3 Å². The Morgan fingerprint density at radius 3 is 2.45 bits per heavy atom. The van der Waals surface area contributed by atoms with Crippen molar-refractivity contribution in [3.05, 3.63) is 106 Å². The van der Waals surface area contributed by atoms with Crippen LogP contribution in [-0.4, -0.2) is 38.5 Å². The highest BCUT2D eigenvalue weighted by molar-refractivity contribution is 7.99. The lowest BCUT2D eigenvalue weighted by Crippen LogP contribution is -2.32. The number of nitrogens with zero attached hydrogens (tertiary/aromatic N) is 2. The molecular formula is C31H23ClF4N2O3S. The van der Waals surface area contributed by atoms with Gasteiger partial charge in [-0.3, -0.25) is 9.59 Å². The second kappa shape index (κ2) is 10.7. The third kappa shape index (κ3) is 4.75. The fourth-order valence-corrected chi connectivity index (χ4v) is 6.84. The molecule has 1 fully saturated rings. The van der Waals surface area contributed by atoms with Gasteiger partial charge in [0.25, 0.3) is 5.91 Å².